The third-order valence-electron chi connectivity index (χ3n) is 4.66. The number of para-hydroxylation sites is 3. The van der Waals surface area contributed by atoms with Gasteiger partial charge in [-0.1, -0.05) is 35.9 Å². The third-order valence-corrected chi connectivity index (χ3v) is 6.77. The molecule has 0 heterocycles. The second-order valence-electron chi connectivity index (χ2n) is 6.77. The van der Waals surface area contributed by atoms with E-state index in [2.05, 4.69) is 5.32 Å². The molecule has 0 aliphatic heterocycles. The maximum absolute atomic E-state index is 13.0. The second-order valence-corrected chi connectivity index (χ2v) is 9.15. The molecular weight excluding hydrogens is 468 g/mol. The van der Waals surface area contributed by atoms with Crippen LogP contribution in [0.15, 0.2) is 77.7 Å². The second kappa shape index (κ2) is 10.4. The van der Waals surface area contributed by atoms with Crippen molar-refractivity contribution in [3.8, 4) is 5.75 Å². The van der Waals surface area contributed by atoms with Crippen molar-refractivity contribution >= 4 is 44.9 Å². The van der Waals surface area contributed by atoms with Crippen LogP contribution >= 0.6 is 11.6 Å². The van der Waals surface area contributed by atoms with Crippen molar-refractivity contribution in [2.75, 3.05) is 30.4 Å². The maximum atomic E-state index is 13.0. The largest absolute Gasteiger partial charge is 0.495 e. The average molecular weight is 489 g/mol. The van der Waals surface area contributed by atoms with Gasteiger partial charge in [-0.25, -0.2) is 13.2 Å². The quantitative estimate of drug-likeness (QED) is 0.481. The van der Waals surface area contributed by atoms with Crippen molar-refractivity contribution in [2.45, 2.75) is 4.90 Å². The van der Waals surface area contributed by atoms with Crippen molar-refractivity contribution < 1.29 is 27.5 Å². The molecule has 0 bridgehead atoms. The normalized spacial score (nSPS) is 10.9. The summed E-state index contributed by atoms with van der Waals surface area (Å²) in [4.78, 5) is 24.2. The molecule has 0 aromatic heterocycles. The molecule has 3 aromatic carbocycles. The van der Waals surface area contributed by atoms with E-state index in [1.807, 2.05) is 0 Å². The van der Waals surface area contributed by atoms with E-state index in [1.54, 1.807) is 48.5 Å². The van der Waals surface area contributed by atoms with E-state index in [-0.39, 0.29) is 10.5 Å². The number of methoxy groups -OCH3 is 1. The lowest BCUT2D eigenvalue weighted by Gasteiger charge is -2.21. The Balaban J connectivity index is 1.66. The molecule has 0 fully saturated rings. The average Bonchev–Trinajstić information content (AvgIpc) is 2.83. The van der Waals surface area contributed by atoms with Gasteiger partial charge in [0.1, 0.15) is 5.75 Å². The van der Waals surface area contributed by atoms with Crippen LogP contribution in [0.5, 0.6) is 5.75 Å². The zero-order valence-corrected chi connectivity index (χ0v) is 19.4. The fraction of sp³-hybridized carbons (Fsp3) is 0.130. The molecule has 0 saturated heterocycles. The fourth-order valence-electron chi connectivity index (χ4n) is 2.90. The van der Waals surface area contributed by atoms with Gasteiger partial charge >= 0.3 is 5.97 Å². The zero-order chi connectivity index (χ0) is 24.0. The number of nitrogens with one attached hydrogen (secondary N) is 1. The lowest BCUT2D eigenvalue weighted by molar-refractivity contribution is -0.119. The highest BCUT2D eigenvalue weighted by Crippen LogP contribution is 2.30. The standard InChI is InChI=1S/C23H21ClN2O6S/c1-26(20-9-5-6-10-21(20)31-2)33(29,30)17-13-11-16(12-14-17)23(28)32-15-22(27)25-19-8-4-3-7-18(19)24/h3-14H,15H2,1-2H3,(H,25,27). The first-order valence-electron chi connectivity index (χ1n) is 9.67. The number of halogens is 1. The van der Waals surface area contributed by atoms with Gasteiger partial charge in [0.2, 0.25) is 0 Å². The number of carbonyl (C=O) groups excluding carboxylic acids is 2. The number of sulfonamides is 1. The Bertz CT molecular complexity index is 1260. The topological polar surface area (TPSA) is 102 Å². The van der Waals surface area contributed by atoms with Crippen molar-refractivity contribution in [3.63, 3.8) is 0 Å². The minimum absolute atomic E-state index is 0.0241. The molecule has 0 aliphatic carbocycles. The van der Waals surface area contributed by atoms with E-state index in [0.717, 1.165) is 4.31 Å². The summed E-state index contributed by atoms with van der Waals surface area (Å²) >= 11 is 5.97. The van der Waals surface area contributed by atoms with Crippen molar-refractivity contribution in [1.82, 2.24) is 0 Å². The van der Waals surface area contributed by atoms with Crippen molar-refractivity contribution in [2.24, 2.45) is 0 Å². The van der Waals surface area contributed by atoms with E-state index in [1.165, 1.54) is 38.4 Å². The highest BCUT2D eigenvalue weighted by molar-refractivity contribution is 7.92. The Kier molecular flexibility index (Phi) is 7.57. The molecule has 0 aliphatic rings. The maximum Gasteiger partial charge on any atom is 0.338 e. The number of carbonyl (C=O) groups is 2. The lowest BCUT2D eigenvalue weighted by Crippen LogP contribution is -2.27. The number of hydrogen-bond acceptors (Lipinski definition) is 6. The highest BCUT2D eigenvalue weighted by atomic mass is 35.5. The zero-order valence-electron chi connectivity index (χ0n) is 17.8. The molecule has 0 unspecified atom stereocenters. The van der Waals surface area contributed by atoms with Gasteiger partial charge in [-0.05, 0) is 48.5 Å². The van der Waals surface area contributed by atoms with Crippen LogP contribution < -0.4 is 14.4 Å². The molecule has 3 rings (SSSR count). The molecule has 0 radical (unpaired) electrons. The van der Waals surface area contributed by atoms with Gasteiger partial charge in [0.05, 0.1) is 34.0 Å². The van der Waals surface area contributed by atoms with Crippen LogP contribution in [0.2, 0.25) is 5.02 Å². The Morgan fingerprint density at radius 2 is 1.61 bits per heavy atom. The Hall–Kier alpha value is -3.56. The van der Waals surface area contributed by atoms with Crippen molar-refractivity contribution in [1.29, 1.82) is 0 Å². The smallest absolute Gasteiger partial charge is 0.338 e. The first-order chi connectivity index (χ1) is 15.7. The number of benzene rings is 3. The van der Waals surface area contributed by atoms with Crippen LogP contribution in [0.3, 0.4) is 0 Å². The molecule has 1 N–H and O–H groups in total. The fourth-order valence-corrected chi connectivity index (χ4v) is 4.29. The van der Waals surface area contributed by atoms with Gasteiger partial charge in [0.15, 0.2) is 6.61 Å². The number of ether oxygens (including phenoxy) is 2. The minimum atomic E-state index is -3.91. The molecule has 0 spiro atoms. The Labute approximate surface area is 196 Å². The SMILES string of the molecule is COc1ccccc1N(C)S(=O)(=O)c1ccc(C(=O)OCC(=O)Nc2ccccc2Cl)cc1. The van der Waals surface area contributed by atoms with Gasteiger partial charge in [0, 0.05) is 7.05 Å². The molecule has 3 aromatic rings. The first-order valence-corrected chi connectivity index (χ1v) is 11.5. The number of esters is 1. The number of hydrogen-bond donors (Lipinski definition) is 1. The van der Waals surface area contributed by atoms with E-state index >= 15 is 0 Å². The highest BCUT2D eigenvalue weighted by Gasteiger charge is 2.24. The Morgan fingerprint density at radius 1 is 0.970 bits per heavy atom. The van der Waals surface area contributed by atoms with Crippen LogP contribution in [-0.2, 0) is 19.6 Å². The predicted octanol–water partition coefficient (Wildman–Crippen LogP) is 3.97. The number of rotatable bonds is 8. The lowest BCUT2D eigenvalue weighted by atomic mass is 10.2. The monoisotopic (exact) mass is 488 g/mol. The molecular formula is C23H21ClN2O6S. The minimum Gasteiger partial charge on any atom is -0.495 e. The number of amides is 1. The predicted molar refractivity (Wildman–Crippen MR) is 125 cm³/mol. The van der Waals surface area contributed by atoms with E-state index in [9.17, 15) is 18.0 Å². The summed E-state index contributed by atoms with van der Waals surface area (Å²) in [5.41, 5.74) is 0.862. The van der Waals surface area contributed by atoms with Gasteiger partial charge in [-0.15, -0.1) is 0 Å². The third kappa shape index (κ3) is 5.63. The van der Waals surface area contributed by atoms with Crippen LogP contribution in [0.4, 0.5) is 11.4 Å². The first kappa shape index (κ1) is 24.1. The molecule has 0 atom stereocenters. The van der Waals surface area contributed by atoms with Crippen LogP contribution in [0.1, 0.15) is 10.4 Å². The van der Waals surface area contributed by atoms with Crippen LogP contribution in [-0.4, -0.2) is 41.1 Å². The number of anilines is 2. The summed E-state index contributed by atoms with van der Waals surface area (Å²) in [7, 11) is -1.04. The van der Waals surface area contributed by atoms with Gasteiger partial charge < -0.3 is 14.8 Å². The summed E-state index contributed by atoms with van der Waals surface area (Å²) in [5, 5.41) is 2.89. The summed E-state index contributed by atoms with van der Waals surface area (Å²) in [5.74, 6) is -0.931. The molecule has 172 valence electrons. The van der Waals surface area contributed by atoms with Crippen LogP contribution in [0, 0.1) is 0 Å². The van der Waals surface area contributed by atoms with Gasteiger partial charge in [0.25, 0.3) is 15.9 Å². The Morgan fingerprint density at radius 3 is 2.27 bits per heavy atom. The van der Waals surface area contributed by atoms with E-state index in [0.29, 0.717) is 22.1 Å². The van der Waals surface area contributed by atoms with Crippen LogP contribution in [0.25, 0.3) is 0 Å². The number of nitrogens with zero attached hydrogens (tertiary/aromatic N) is 1. The molecule has 1 amide bonds. The summed E-state index contributed by atoms with van der Waals surface area (Å²) in [6.45, 7) is -0.527. The van der Waals surface area contributed by atoms with Gasteiger partial charge in [-0.3, -0.25) is 9.10 Å². The van der Waals surface area contributed by atoms with Crippen molar-refractivity contribution in [3.05, 3.63) is 83.4 Å². The molecule has 33 heavy (non-hydrogen) atoms. The molecule has 10 heteroatoms. The summed E-state index contributed by atoms with van der Waals surface area (Å²) in [6, 6.07) is 18.6. The summed E-state index contributed by atoms with van der Waals surface area (Å²) in [6.07, 6.45) is 0. The molecule has 0 saturated carbocycles. The van der Waals surface area contributed by atoms with E-state index < -0.39 is 28.5 Å². The van der Waals surface area contributed by atoms with E-state index in [4.69, 9.17) is 21.1 Å². The summed E-state index contributed by atoms with van der Waals surface area (Å²) < 4.78 is 37.3. The van der Waals surface area contributed by atoms with Gasteiger partial charge in [-0.2, -0.15) is 0 Å². The molecule has 8 nitrogen and oxygen atoms in total.